The minimum Gasteiger partial charge on any atom is -0.508 e. The van der Waals surface area contributed by atoms with Crippen LogP contribution in [0.1, 0.15) is 23.7 Å². The number of phenolic OH excluding ortho intramolecular Hbond substituents is 2. The fourth-order valence-corrected chi connectivity index (χ4v) is 1.96. The minimum atomic E-state index is -0.369. The van der Waals surface area contributed by atoms with Crippen LogP contribution in [0, 0.1) is 0 Å². The summed E-state index contributed by atoms with van der Waals surface area (Å²) < 4.78 is 0. The van der Waals surface area contributed by atoms with Crippen LogP contribution in [0.5, 0.6) is 11.5 Å². The van der Waals surface area contributed by atoms with E-state index in [1.165, 1.54) is 18.2 Å². The van der Waals surface area contributed by atoms with Crippen molar-refractivity contribution in [1.82, 2.24) is 5.32 Å². The van der Waals surface area contributed by atoms with Gasteiger partial charge in [0, 0.05) is 6.04 Å². The number of carbonyl (C=O) groups excluding carboxylic acids is 1. The Bertz CT molecular complexity index is 395. The normalized spacial score (nSPS) is 12.1. The van der Waals surface area contributed by atoms with Crippen molar-refractivity contribution in [3.8, 4) is 11.5 Å². The van der Waals surface area contributed by atoms with Gasteiger partial charge in [0.25, 0.3) is 5.91 Å². The van der Waals surface area contributed by atoms with Crippen LogP contribution >= 0.6 is 11.8 Å². The molecule has 0 heterocycles. The van der Waals surface area contributed by atoms with Gasteiger partial charge in [-0.15, -0.1) is 0 Å². The standard InChI is InChI=1S/C12H17NO3S/c1-8(5-6-17-2)13-12(16)10-7-9(14)3-4-11(10)15/h3-4,7-8,14-15H,5-6H2,1-2H3,(H,13,16). The maximum atomic E-state index is 11.8. The molecule has 0 saturated heterocycles. The predicted molar refractivity (Wildman–Crippen MR) is 69.7 cm³/mol. The van der Waals surface area contributed by atoms with Crippen molar-refractivity contribution in [3.05, 3.63) is 23.8 Å². The lowest BCUT2D eigenvalue weighted by atomic mass is 10.1. The van der Waals surface area contributed by atoms with E-state index in [4.69, 9.17) is 0 Å². The van der Waals surface area contributed by atoms with Gasteiger partial charge in [-0.1, -0.05) is 0 Å². The van der Waals surface area contributed by atoms with Gasteiger partial charge in [-0.25, -0.2) is 0 Å². The number of hydrogen-bond acceptors (Lipinski definition) is 4. The Morgan fingerprint density at radius 1 is 1.47 bits per heavy atom. The average Bonchev–Trinajstić information content (AvgIpc) is 2.29. The number of rotatable bonds is 5. The summed E-state index contributed by atoms with van der Waals surface area (Å²) in [6.07, 6.45) is 2.88. The Morgan fingerprint density at radius 3 is 2.82 bits per heavy atom. The number of hydrogen-bond donors (Lipinski definition) is 3. The number of thioether (sulfide) groups is 1. The number of aromatic hydroxyl groups is 2. The van der Waals surface area contributed by atoms with Gasteiger partial charge < -0.3 is 15.5 Å². The smallest absolute Gasteiger partial charge is 0.255 e. The van der Waals surface area contributed by atoms with Gasteiger partial charge in [-0.2, -0.15) is 11.8 Å². The first-order valence-electron chi connectivity index (χ1n) is 5.36. The van der Waals surface area contributed by atoms with Crippen molar-refractivity contribution < 1.29 is 15.0 Å². The highest BCUT2D eigenvalue weighted by Gasteiger charge is 2.14. The third kappa shape index (κ3) is 4.19. The van der Waals surface area contributed by atoms with Gasteiger partial charge in [0.05, 0.1) is 5.56 Å². The summed E-state index contributed by atoms with van der Waals surface area (Å²) in [5, 5.41) is 21.6. The van der Waals surface area contributed by atoms with Crippen LogP contribution in [0.15, 0.2) is 18.2 Å². The van der Waals surface area contributed by atoms with Crippen molar-refractivity contribution in [2.45, 2.75) is 19.4 Å². The molecule has 5 heteroatoms. The molecule has 0 spiro atoms. The topological polar surface area (TPSA) is 69.6 Å². The molecule has 0 bridgehead atoms. The van der Waals surface area contributed by atoms with Gasteiger partial charge in [-0.3, -0.25) is 4.79 Å². The van der Waals surface area contributed by atoms with Crippen molar-refractivity contribution >= 4 is 17.7 Å². The lowest BCUT2D eigenvalue weighted by molar-refractivity contribution is 0.0936. The summed E-state index contributed by atoms with van der Waals surface area (Å²) in [6, 6.07) is 3.93. The molecule has 4 nitrogen and oxygen atoms in total. The maximum absolute atomic E-state index is 11.8. The van der Waals surface area contributed by atoms with Gasteiger partial charge in [-0.05, 0) is 43.6 Å². The molecule has 1 aromatic rings. The molecule has 1 unspecified atom stereocenters. The average molecular weight is 255 g/mol. The van der Waals surface area contributed by atoms with E-state index >= 15 is 0 Å². The molecule has 0 aliphatic heterocycles. The summed E-state index contributed by atoms with van der Waals surface area (Å²) in [5.41, 5.74) is 0.0981. The van der Waals surface area contributed by atoms with Crippen LogP contribution in [0.2, 0.25) is 0 Å². The first kappa shape index (κ1) is 13.7. The highest BCUT2D eigenvalue weighted by Crippen LogP contribution is 2.22. The summed E-state index contributed by atoms with van der Waals surface area (Å²) in [5.74, 6) is 0.432. The van der Waals surface area contributed by atoms with E-state index in [9.17, 15) is 15.0 Å². The number of phenols is 2. The Kier molecular flexibility index (Phi) is 5.15. The van der Waals surface area contributed by atoms with Crippen LogP contribution < -0.4 is 5.32 Å². The van der Waals surface area contributed by atoms with Crippen LogP contribution in [0.25, 0.3) is 0 Å². The van der Waals surface area contributed by atoms with E-state index in [1.807, 2.05) is 13.2 Å². The lowest BCUT2D eigenvalue weighted by Gasteiger charge is -2.13. The maximum Gasteiger partial charge on any atom is 0.255 e. The van der Waals surface area contributed by atoms with Crippen molar-refractivity contribution in [1.29, 1.82) is 0 Å². The zero-order chi connectivity index (χ0) is 12.8. The number of nitrogens with one attached hydrogen (secondary N) is 1. The summed E-state index contributed by atoms with van der Waals surface area (Å²) in [7, 11) is 0. The van der Waals surface area contributed by atoms with E-state index in [0.29, 0.717) is 0 Å². The quantitative estimate of drug-likeness (QED) is 0.704. The van der Waals surface area contributed by atoms with Crippen molar-refractivity contribution in [3.63, 3.8) is 0 Å². The second-order valence-electron chi connectivity index (χ2n) is 3.86. The highest BCUT2D eigenvalue weighted by molar-refractivity contribution is 7.98. The molecule has 1 atom stereocenters. The first-order chi connectivity index (χ1) is 8.04. The Balaban J connectivity index is 2.66. The monoisotopic (exact) mass is 255 g/mol. The fraction of sp³-hybridized carbons (Fsp3) is 0.417. The van der Waals surface area contributed by atoms with Crippen LogP contribution in [-0.2, 0) is 0 Å². The van der Waals surface area contributed by atoms with E-state index in [1.54, 1.807) is 11.8 Å². The Hall–Kier alpha value is -1.36. The SMILES string of the molecule is CSCCC(C)NC(=O)c1cc(O)ccc1O. The van der Waals surface area contributed by atoms with Crippen LogP contribution in [-0.4, -0.2) is 34.2 Å². The van der Waals surface area contributed by atoms with Gasteiger partial charge in [0.2, 0.25) is 0 Å². The summed E-state index contributed by atoms with van der Waals surface area (Å²) in [6.45, 7) is 1.91. The molecule has 17 heavy (non-hydrogen) atoms. The van der Waals surface area contributed by atoms with E-state index in [0.717, 1.165) is 12.2 Å². The van der Waals surface area contributed by atoms with Gasteiger partial charge in [0.1, 0.15) is 11.5 Å². The van der Waals surface area contributed by atoms with Gasteiger partial charge in [0.15, 0.2) is 0 Å². The third-order valence-corrected chi connectivity index (χ3v) is 3.00. The molecule has 1 aromatic carbocycles. The molecule has 3 N–H and O–H groups in total. The van der Waals surface area contributed by atoms with Crippen molar-refractivity contribution in [2.75, 3.05) is 12.0 Å². The lowest BCUT2D eigenvalue weighted by Crippen LogP contribution is -2.32. The molecule has 0 aliphatic rings. The molecule has 0 radical (unpaired) electrons. The highest BCUT2D eigenvalue weighted by atomic mass is 32.2. The van der Waals surface area contributed by atoms with E-state index in [-0.39, 0.29) is 29.0 Å². The fourth-order valence-electron chi connectivity index (χ4n) is 1.37. The largest absolute Gasteiger partial charge is 0.508 e. The molecule has 0 aliphatic carbocycles. The third-order valence-electron chi connectivity index (χ3n) is 2.36. The van der Waals surface area contributed by atoms with Crippen LogP contribution in [0.4, 0.5) is 0 Å². The predicted octanol–water partition coefficient (Wildman–Crippen LogP) is 1.97. The van der Waals surface area contributed by atoms with E-state index in [2.05, 4.69) is 5.32 Å². The zero-order valence-corrected chi connectivity index (χ0v) is 10.8. The Labute approximate surface area is 105 Å². The molecular weight excluding hydrogens is 238 g/mol. The van der Waals surface area contributed by atoms with Crippen LogP contribution in [0.3, 0.4) is 0 Å². The molecule has 0 saturated carbocycles. The second-order valence-corrected chi connectivity index (χ2v) is 4.84. The first-order valence-corrected chi connectivity index (χ1v) is 6.75. The number of carbonyl (C=O) groups is 1. The minimum absolute atomic E-state index is 0.0373. The molecule has 1 amide bonds. The summed E-state index contributed by atoms with van der Waals surface area (Å²) >= 11 is 1.72. The summed E-state index contributed by atoms with van der Waals surface area (Å²) in [4.78, 5) is 11.8. The molecule has 0 fully saturated rings. The number of amides is 1. The second kappa shape index (κ2) is 6.39. The zero-order valence-electron chi connectivity index (χ0n) is 9.93. The Morgan fingerprint density at radius 2 is 2.18 bits per heavy atom. The molecule has 94 valence electrons. The molecule has 1 rings (SSSR count). The van der Waals surface area contributed by atoms with Gasteiger partial charge >= 0.3 is 0 Å². The van der Waals surface area contributed by atoms with E-state index < -0.39 is 0 Å². The number of benzene rings is 1. The van der Waals surface area contributed by atoms with Crippen molar-refractivity contribution in [2.24, 2.45) is 0 Å². The molecular formula is C12H17NO3S. The molecule has 0 aromatic heterocycles.